The smallest absolute Gasteiger partial charge is 0.312 e. The molecule has 0 saturated heterocycles. The second-order valence-corrected chi connectivity index (χ2v) is 3.13. The number of rotatable bonds is 4. The van der Waals surface area contributed by atoms with Gasteiger partial charge in [0.05, 0.1) is 13.4 Å². The molecule has 0 saturated carbocycles. The number of furan rings is 1. The summed E-state index contributed by atoms with van der Waals surface area (Å²) in [5, 5.41) is 11.5. The zero-order valence-corrected chi connectivity index (χ0v) is 8.67. The van der Waals surface area contributed by atoms with Crippen molar-refractivity contribution in [1.82, 2.24) is 0 Å². The number of esters is 1. The number of carbonyl (C=O) groups excluding carboxylic acids is 1. The third kappa shape index (κ3) is 3.46. The quantitative estimate of drug-likeness (QED) is 0.246. The molecular weight excluding hydrogens is 198 g/mol. The van der Waals surface area contributed by atoms with Gasteiger partial charge in [-0.3, -0.25) is 4.79 Å². The number of ether oxygens (including phenoxy) is 1. The van der Waals surface area contributed by atoms with Gasteiger partial charge in [-0.15, -0.1) is 0 Å². The Labute approximate surface area is 87.5 Å². The highest BCUT2D eigenvalue weighted by molar-refractivity contribution is 5.72. The first-order chi connectivity index (χ1) is 7.13. The fraction of sp³-hybridized carbons (Fsp3) is 0.400. The molecule has 82 valence electrons. The maximum Gasteiger partial charge on any atom is 0.312 e. The molecule has 1 atom stereocenters. The SMILES string of the molecule is COC(=O)CC(C)/[N+]([O-])=C/c1ccco1. The molecule has 0 amide bonds. The normalized spacial score (nSPS) is 13.6. The van der Waals surface area contributed by atoms with Crippen molar-refractivity contribution in [2.45, 2.75) is 19.4 Å². The molecule has 0 aliphatic carbocycles. The molecule has 1 heterocycles. The average molecular weight is 211 g/mol. The van der Waals surface area contributed by atoms with Gasteiger partial charge in [0.15, 0.2) is 11.8 Å². The van der Waals surface area contributed by atoms with Crippen LogP contribution in [0.1, 0.15) is 19.1 Å². The van der Waals surface area contributed by atoms with Crippen molar-refractivity contribution in [3.63, 3.8) is 0 Å². The molecule has 0 aliphatic heterocycles. The highest BCUT2D eigenvalue weighted by Crippen LogP contribution is 2.00. The molecule has 0 fully saturated rings. The Kier molecular flexibility index (Phi) is 3.91. The van der Waals surface area contributed by atoms with E-state index in [1.165, 1.54) is 19.6 Å². The summed E-state index contributed by atoms with van der Waals surface area (Å²) in [5.74, 6) is 0.0536. The minimum atomic E-state index is -0.470. The molecule has 5 nitrogen and oxygen atoms in total. The molecule has 5 heteroatoms. The largest absolute Gasteiger partial charge is 0.624 e. The van der Waals surface area contributed by atoms with Crippen molar-refractivity contribution >= 4 is 12.2 Å². The Bertz CT molecular complexity index is 342. The van der Waals surface area contributed by atoms with Crippen LogP contribution >= 0.6 is 0 Å². The third-order valence-corrected chi connectivity index (χ3v) is 1.92. The fourth-order valence-corrected chi connectivity index (χ4v) is 1.03. The monoisotopic (exact) mass is 211 g/mol. The standard InChI is InChI=1S/C10H13NO4/c1-8(6-10(12)14-2)11(13)7-9-4-3-5-15-9/h3-5,7-8H,6H2,1-2H3/b11-7-. The van der Waals surface area contributed by atoms with Crippen LogP contribution in [0.2, 0.25) is 0 Å². The second kappa shape index (κ2) is 5.19. The first kappa shape index (κ1) is 11.3. The predicted octanol–water partition coefficient (Wildman–Crippen LogP) is 1.16. The van der Waals surface area contributed by atoms with Crippen LogP contribution in [-0.4, -0.2) is 30.1 Å². The highest BCUT2D eigenvalue weighted by Gasteiger charge is 2.15. The number of hydroxylamine groups is 1. The zero-order valence-electron chi connectivity index (χ0n) is 8.67. The highest BCUT2D eigenvalue weighted by atomic mass is 16.5. The molecule has 0 spiro atoms. The molecule has 1 aromatic heterocycles. The summed E-state index contributed by atoms with van der Waals surface area (Å²) >= 11 is 0. The summed E-state index contributed by atoms with van der Waals surface area (Å²) in [5.41, 5.74) is 0. The Balaban J connectivity index is 2.60. The van der Waals surface area contributed by atoms with Gasteiger partial charge in [0, 0.05) is 0 Å². The van der Waals surface area contributed by atoms with Gasteiger partial charge in [-0.25, -0.2) is 4.74 Å². The number of hydrogen-bond donors (Lipinski definition) is 0. The van der Waals surface area contributed by atoms with Crippen LogP contribution in [0, 0.1) is 5.21 Å². The van der Waals surface area contributed by atoms with Crippen molar-refractivity contribution < 1.29 is 18.7 Å². The van der Waals surface area contributed by atoms with Gasteiger partial charge in [0.1, 0.15) is 6.42 Å². The van der Waals surface area contributed by atoms with E-state index in [9.17, 15) is 10.0 Å². The summed E-state index contributed by atoms with van der Waals surface area (Å²) in [6.07, 6.45) is 2.83. The van der Waals surface area contributed by atoms with E-state index in [2.05, 4.69) is 4.74 Å². The maximum atomic E-state index is 11.5. The first-order valence-corrected chi connectivity index (χ1v) is 4.54. The van der Waals surface area contributed by atoms with Gasteiger partial charge in [-0.2, -0.15) is 0 Å². The summed E-state index contributed by atoms with van der Waals surface area (Å²) < 4.78 is 10.1. The van der Waals surface area contributed by atoms with E-state index < -0.39 is 12.0 Å². The molecule has 1 aromatic rings. The van der Waals surface area contributed by atoms with Gasteiger partial charge < -0.3 is 14.4 Å². The Morgan fingerprint density at radius 2 is 2.53 bits per heavy atom. The minimum Gasteiger partial charge on any atom is -0.624 e. The summed E-state index contributed by atoms with van der Waals surface area (Å²) in [6.45, 7) is 1.64. The lowest BCUT2D eigenvalue weighted by Crippen LogP contribution is -2.23. The zero-order chi connectivity index (χ0) is 11.3. The first-order valence-electron chi connectivity index (χ1n) is 4.54. The fourth-order valence-electron chi connectivity index (χ4n) is 1.03. The number of carbonyl (C=O) groups is 1. The van der Waals surface area contributed by atoms with Gasteiger partial charge in [0.25, 0.3) is 0 Å². The van der Waals surface area contributed by atoms with Gasteiger partial charge in [-0.05, 0) is 19.1 Å². The minimum absolute atomic E-state index is 0.0528. The van der Waals surface area contributed by atoms with E-state index in [-0.39, 0.29) is 6.42 Å². The van der Waals surface area contributed by atoms with Crippen LogP contribution in [0.15, 0.2) is 22.8 Å². The Morgan fingerprint density at radius 3 is 3.07 bits per heavy atom. The van der Waals surface area contributed by atoms with Gasteiger partial charge >= 0.3 is 5.97 Å². The molecule has 0 aromatic carbocycles. The van der Waals surface area contributed by atoms with Crippen molar-refractivity contribution in [3.8, 4) is 0 Å². The number of methoxy groups -OCH3 is 1. The van der Waals surface area contributed by atoms with Crippen LogP contribution < -0.4 is 0 Å². The Morgan fingerprint density at radius 1 is 1.80 bits per heavy atom. The van der Waals surface area contributed by atoms with E-state index in [0.29, 0.717) is 10.5 Å². The van der Waals surface area contributed by atoms with Crippen LogP contribution in [0.4, 0.5) is 0 Å². The summed E-state index contributed by atoms with van der Waals surface area (Å²) in [6, 6.07) is 2.88. The average Bonchev–Trinajstić information content (AvgIpc) is 2.70. The lowest BCUT2D eigenvalue weighted by Gasteiger charge is -2.10. The molecular formula is C10H13NO4. The van der Waals surface area contributed by atoms with E-state index in [0.717, 1.165) is 0 Å². The maximum absolute atomic E-state index is 11.5. The molecule has 0 bridgehead atoms. The molecule has 15 heavy (non-hydrogen) atoms. The van der Waals surface area contributed by atoms with Crippen molar-refractivity contribution in [3.05, 3.63) is 29.4 Å². The number of nitrogens with zero attached hydrogens (tertiary/aromatic N) is 1. The molecule has 0 aliphatic rings. The van der Waals surface area contributed by atoms with Crippen LogP contribution in [0.25, 0.3) is 0 Å². The van der Waals surface area contributed by atoms with Crippen LogP contribution in [0.3, 0.4) is 0 Å². The van der Waals surface area contributed by atoms with E-state index in [4.69, 9.17) is 4.42 Å². The van der Waals surface area contributed by atoms with Crippen LogP contribution in [0.5, 0.6) is 0 Å². The number of hydrogen-bond acceptors (Lipinski definition) is 4. The van der Waals surface area contributed by atoms with Crippen LogP contribution in [-0.2, 0) is 9.53 Å². The van der Waals surface area contributed by atoms with E-state index in [1.54, 1.807) is 19.1 Å². The van der Waals surface area contributed by atoms with Crippen molar-refractivity contribution in [2.24, 2.45) is 0 Å². The van der Waals surface area contributed by atoms with Gasteiger partial charge in [0.2, 0.25) is 6.21 Å². The van der Waals surface area contributed by atoms with E-state index in [1.807, 2.05) is 0 Å². The van der Waals surface area contributed by atoms with Crippen molar-refractivity contribution in [2.75, 3.05) is 7.11 Å². The molecule has 0 N–H and O–H groups in total. The second-order valence-electron chi connectivity index (χ2n) is 3.13. The summed E-state index contributed by atoms with van der Waals surface area (Å²) in [7, 11) is 1.29. The third-order valence-electron chi connectivity index (χ3n) is 1.92. The predicted molar refractivity (Wildman–Crippen MR) is 53.6 cm³/mol. The Hall–Kier alpha value is -1.78. The lowest BCUT2D eigenvalue weighted by atomic mass is 10.2. The lowest BCUT2D eigenvalue weighted by molar-refractivity contribution is -0.491. The molecule has 1 unspecified atom stereocenters. The van der Waals surface area contributed by atoms with Gasteiger partial charge in [-0.1, -0.05) is 0 Å². The van der Waals surface area contributed by atoms with Crippen molar-refractivity contribution in [1.29, 1.82) is 0 Å². The molecule has 1 rings (SSSR count). The molecule has 0 radical (unpaired) electrons. The topological polar surface area (TPSA) is 65.5 Å². The summed E-state index contributed by atoms with van der Waals surface area (Å²) in [4.78, 5) is 10.9. The van der Waals surface area contributed by atoms with E-state index >= 15 is 0 Å².